The van der Waals surface area contributed by atoms with E-state index in [1.165, 1.54) is 4.90 Å². The van der Waals surface area contributed by atoms with E-state index in [-0.39, 0.29) is 30.6 Å². The van der Waals surface area contributed by atoms with Crippen LogP contribution in [0.4, 0.5) is 0 Å². The number of carbonyl (C=O) groups excluding carboxylic acids is 2. The number of hydrogen-bond donors (Lipinski definition) is 1. The quantitative estimate of drug-likeness (QED) is 0.292. The molecule has 1 aliphatic heterocycles. The summed E-state index contributed by atoms with van der Waals surface area (Å²) in [4.78, 5) is 27.7. The molecule has 2 aromatic carbocycles. The maximum Gasteiger partial charge on any atom is 0.295 e. The molecule has 1 fully saturated rings. The second-order valence-corrected chi connectivity index (χ2v) is 8.29. The number of benzene rings is 2. The molecule has 2 aromatic rings. The summed E-state index contributed by atoms with van der Waals surface area (Å²) in [7, 11) is 0. The Labute approximate surface area is 200 Å². The van der Waals surface area contributed by atoms with E-state index in [0.717, 1.165) is 6.42 Å². The highest BCUT2D eigenvalue weighted by Crippen LogP contribution is 2.40. The number of Topliss-reactive ketones (excluding diaryl/α,β-unsaturated/α-hetero) is 1. The van der Waals surface area contributed by atoms with Gasteiger partial charge in [-0.25, -0.2) is 0 Å². The molecular formula is C27H33NO6. The zero-order valence-electron chi connectivity index (χ0n) is 20.2. The van der Waals surface area contributed by atoms with Crippen LogP contribution in [0.5, 0.6) is 11.5 Å². The average Bonchev–Trinajstić information content (AvgIpc) is 3.07. The number of ether oxygens (including phenoxy) is 3. The second kappa shape index (κ2) is 11.7. The van der Waals surface area contributed by atoms with Crippen molar-refractivity contribution in [3.8, 4) is 11.5 Å². The van der Waals surface area contributed by atoms with Crippen LogP contribution in [-0.2, 0) is 14.3 Å². The van der Waals surface area contributed by atoms with Gasteiger partial charge in [0, 0.05) is 12.1 Å². The van der Waals surface area contributed by atoms with Crippen LogP contribution >= 0.6 is 0 Å². The lowest BCUT2D eigenvalue weighted by molar-refractivity contribution is -0.140. The monoisotopic (exact) mass is 467 g/mol. The van der Waals surface area contributed by atoms with Gasteiger partial charge in [0.05, 0.1) is 37.5 Å². The van der Waals surface area contributed by atoms with E-state index in [9.17, 15) is 14.7 Å². The molecular weight excluding hydrogens is 434 g/mol. The van der Waals surface area contributed by atoms with Crippen molar-refractivity contribution in [1.82, 2.24) is 4.90 Å². The third-order valence-electron chi connectivity index (χ3n) is 5.39. The smallest absolute Gasteiger partial charge is 0.295 e. The Kier molecular flexibility index (Phi) is 8.71. The SMILES string of the molecule is CCCOc1cccc(/C(O)=C2/C(=O)C(=O)N(CCOC(C)C)C2c2cccc(OCC)c2)c1. The molecule has 0 spiro atoms. The average molecular weight is 468 g/mol. The number of aliphatic hydroxyl groups excluding tert-OH is 1. The molecule has 7 nitrogen and oxygen atoms in total. The summed E-state index contributed by atoms with van der Waals surface area (Å²) in [6.45, 7) is 9.20. The van der Waals surface area contributed by atoms with Gasteiger partial charge in [-0.15, -0.1) is 0 Å². The summed E-state index contributed by atoms with van der Waals surface area (Å²) in [6.07, 6.45) is 0.832. The Balaban J connectivity index is 2.08. The Hall–Kier alpha value is -3.32. The summed E-state index contributed by atoms with van der Waals surface area (Å²) >= 11 is 0. The largest absolute Gasteiger partial charge is 0.507 e. The number of hydrogen-bond acceptors (Lipinski definition) is 6. The molecule has 1 unspecified atom stereocenters. The molecule has 0 aromatic heterocycles. The molecule has 1 amide bonds. The predicted molar refractivity (Wildman–Crippen MR) is 130 cm³/mol. The number of ketones is 1. The van der Waals surface area contributed by atoms with Crippen LogP contribution < -0.4 is 9.47 Å². The van der Waals surface area contributed by atoms with Gasteiger partial charge < -0.3 is 24.2 Å². The highest BCUT2D eigenvalue weighted by atomic mass is 16.5. The van der Waals surface area contributed by atoms with Gasteiger partial charge in [-0.2, -0.15) is 0 Å². The van der Waals surface area contributed by atoms with Crippen molar-refractivity contribution in [3.63, 3.8) is 0 Å². The van der Waals surface area contributed by atoms with Crippen molar-refractivity contribution >= 4 is 17.4 Å². The first kappa shape index (κ1) is 25.3. The first-order chi connectivity index (χ1) is 16.4. The lowest BCUT2D eigenvalue weighted by Gasteiger charge is -2.26. The predicted octanol–water partition coefficient (Wildman–Crippen LogP) is 4.72. The molecule has 1 N–H and O–H groups in total. The summed E-state index contributed by atoms with van der Waals surface area (Å²) in [5.74, 6) is -0.424. The zero-order valence-corrected chi connectivity index (χ0v) is 20.2. The third-order valence-corrected chi connectivity index (χ3v) is 5.39. The van der Waals surface area contributed by atoms with E-state index in [2.05, 4.69) is 0 Å². The molecule has 7 heteroatoms. The van der Waals surface area contributed by atoms with Crippen molar-refractivity contribution in [2.45, 2.75) is 46.3 Å². The van der Waals surface area contributed by atoms with E-state index in [4.69, 9.17) is 14.2 Å². The van der Waals surface area contributed by atoms with Crippen LogP contribution in [0.2, 0.25) is 0 Å². The normalized spacial score (nSPS) is 17.4. The topological polar surface area (TPSA) is 85.3 Å². The van der Waals surface area contributed by atoms with Crippen molar-refractivity contribution < 1.29 is 28.9 Å². The molecule has 34 heavy (non-hydrogen) atoms. The van der Waals surface area contributed by atoms with Gasteiger partial charge >= 0.3 is 0 Å². The van der Waals surface area contributed by atoms with Crippen molar-refractivity contribution in [2.75, 3.05) is 26.4 Å². The molecule has 3 rings (SSSR count). The van der Waals surface area contributed by atoms with Crippen LogP contribution in [-0.4, -0.2) is 54.2 Å². The minimum atomic E-state index is -0.767. The molecule has 182 valence electrons. The van der Waals surface area contributed by atoms with E-state index < -0.39 is 17.7 Å². The van der Waals surface area contributed by atoms with Gasteiger partial charge in [0.1, 0.15) is 17.3 Å². The van der Waals surface area contributed by atoms with E-state index in [1.807, 2.05) is 45.9 Å². The van der Waals surface area contributed by atoms with Gasteiger partial charge in [0.2, 0.25) is 0 Å². The Bertz CT molecular complexity index is 1040. The lowest BCUT2D eigenvalue weighted by Crippen LogP contribution is -2.33. The summed E-state index contributed by atoms with van der Waals surface area (Å²) in [6, 6.07) is 13.4. The molecule has 0 saturated carbocycles. The zero-order chi connectivity index (χ0) is 24.7. The van der Waals surface area contributed by atoms with E-state index in [0.29, 0.717) is 35.8 Å². The highest BCUT2D eigenvalue weighted by Gasteiger charge is 2.46. The molecule has 1 aliphatic rings. The van der Waals surface area contributed by atoms with Crippen LogP contribution in [0, 0.1) is 0 Å². The molecule has 1 atom stereocenters. The van der Waals surface area contributed by atoms with Crippen LogP contribution in [0.15, 0.2) is 54.1 Å². The van der Waals surface area contributed by atoms with Crippen molar-refractivity contribution in [1.29, 1.82) is 0 Å². The Morgan fingerprint density at radius 1 is 1.00 bits per heavy atom. The molecule has 1 saturated heterocycles. The fraction of sp³-hybridized carbons (Fsp3) is 0.407. The van der Waals surface area contributed by atoms with Gasteiger partial charge in [-0.3, -0.25) is 9.59 Å². The van der Waals surface area contributed by atoms with Crippen molar-refractivity contribution in [3.05, 3.63) is 65.2 Å². The fourth-order valence-electron chi connectivity index (χ4n) is 3.89. The van der Waals surface area contributed by atoms with E-state index in [1.54, 1.807) is 30.3 Å². The first-order valence-corrected chi connectivity index (χ1v) is 11.7. The minimum absolute atomic E-state index is 0.0117. The van der Waals surface area contributed by atoms with Gasteiger partial charge in [0.25, 0.3) is 11.7 Å². The molecule has 0 bridgehead atoms. The fourth-order valence-corrected chi connectivity index (χ4v) is 3.89. The third kappa shape index (κ3) is 5.78. The number of nitrogens with zero attached hydrogens (tertiary/aromatic N) is 1. The Morgan fingerprint density at radius 2 is 1.71 bits per heavy atom. The minimum Gasteiger partial charge on any atom is -0.507 e. The highest BCUT2D eigenvalue weighted by molar-refractivity contribution is 6.46. The summed E-state index contributed by atoms with van der Waals surface area (Å²) in [5.41, 5.74) is 1.13. The van der Waals surface area contributed by atoms with Crippen LogP contribution in [0.3, 0.4) is 0 Å². The van der Waals surface area contributed by atoms with Gasteiger partial charge in [0.15, 0.2) is 0 Å². The van der Waals surface area contributed by atoms with Crippen LogP contribution in [0.1, 0.15) is 51.3 Å². The first-order valence-electron chi connectivity index (χ1n) is 11.7. The van der Waals surface area contributed by atoms with E-state index >= 15 is 0 Å². The maximum absolute atomic E-state index is 13.2. The summed E-state index contributed by atoms with van der Waals surface area (Å²) < 4.78 is 17.0. The van der Waals surface area contributed by atoms with Gasteiger partial charge in [-0.05, 0) is 57.0 Å². The number of aliphatic hydroxyl groups is 1. The Morgan fingerprint density at radius 3 is 2.38 bits per heavy atom. The number of rotatable bonds is 11. The number of likely N-dealkylation sites (tertiary alicyclic amines) is 1. The second-order valence-electron chi connectivity index (χ2n) is 8.29. The molecule has 1 heterocycles. The number of amides is 1. The van der Waals surface area contributed by atoms with Gasteiger partial charge in [-0.1, -0.05) is 31.2 Å². The molecule has 0 aliphatic carbocycles. The standard InChI is InChI=1S/C27H33NO6/c1-5-14-34-22-12-8-10-20(17-22)25(29)23-24(19-9-7-11-21(16-19)32-6-2)28(27(31)26(23)30)13-15-33-18(3)4/h7-12,16-18,24,29H,5-6,13-15H2,1-4H3/b25-23-. The maximum atomic E-state index is 13.2. The molecule has 0 radical (unpaired) electrons. The lowest BCUT2D eigenvalue weighted by atomic mass is 9.95. The van der Waals surface area contributed by atoms with Crippen molar-refractivity contribution in [2.24, 2.45) is 0 Å². The summed E-state index contributed by atoms with van der Waals surface area (Å²) in [5, 5.41) is 11.3. The number of carbonyl (C=O) groups is 2. The van der Waals surface area contributed by atoms with Crippen LogP contribution in [0.25, 0.3) is 5.76 Å².